The van der Waals surface area contributed by atoms with Crippen LogP contribution in [0.3, 0.4) is 0 Å². The van der Waals surface area contributed by atoms with Crippen LogP contribution in [-0.4, -0.2) is 57.8 Å². The number of amides is 2. The van der Waals surface area contributed by atoms with E-state index in [9.17, 15) is 19.8 Å². The van der Waals surface area contributed by atoms with Crippen LogP contribution in [0.15, 0.2) is 61.2 Å². The van der Waals surface area contributed by atoms with E-state index in [1.165, 1.54) is 0 Å². The summed E-state index contributed by atoms with van der Waals surface area (Å²) in [6.07, 6.45) is 1.60. The molecule has 0 bridgehead atoms. The molecule has 0 aliphatic carbocycles. The van der Waals surface area contributed by atoms with Crippen LogP contribution in [-0.2, 0) is 32.9 Å². The molecule has 3 heterocycles. The van der Waals surface area contributed by atoms with Crippen LogP contribution >= 0.6 is 0 Å². The summed E-state index contributed by atoms with van der Waals surface area (Å²) >= 11 is 0. The summed E-state index contributed by atoms with van der Waals surface area (Å²) in [6, 6.07) is 15.2. The molecule has 37 heavy (non-hydrogen) atoms. The van der Waals surface area contributed by atoms with E-state index in [-0.39, 0.29) is 36.8 Å². The Morgan fingerprint density at radius 3 is 2.54 bits per heavy atom. The van der Waals surface area contributed by atoms with Crippen molar-refractivity contribution in [2.45, 2.75) is 63.5 Å². The van der Waals surface area contributed by atoms with Gasteiger partial charge in [-0.05, 0) is 37.5 Å². The molecule has 1 fully saturated rings. The van der Waals surface area contributed by atoms with Gasteiger partial charge in [0.1, 0.15) is 0 Å². The van der Waals surface area contributed by atoms with Gasteiger partial charge < -0.3 is 24.7 Å². The van der Waals surface area contributed by atoms with Crippen molar-refractivity contribution in [2.24, 2.45) is 11.8 Å². The molecule has 1 saturated heterocycles. The zero-order valence-electron chi connectivity index (χ0n) is 21.8. The topological polar surface area (TPSA) is 90.3 Å². The first-order chi connectivity index (χ1) is 17.6. The van der Waals surface area contributed by atoms with Gasteiger partial charge in [-0.25, -0.2) is 0 Å². The smallest absolute Gasteiger partial charge is 0.264 e. The molecule has 196 valence electrons. The van der Waals surface area contributed by atoms with Crippen molar-refractivity contribution in [3.8, 4) is 0 Å². The van der Waals surface area contributed by atoms with E-state index < -0.39 is 23.2 Å². The first-order valence-electron chi connectivity index (χ1n) is 13.0. The van der Waals surface area contributed by atoms with Gasteiger partial charge >= 0.3 is 0 Å². The third kappa shape index (κ3) is 4.00. The Kier molecular flexibility index (Phi) is 6.51. The van der Waals surface area contributed by atoms with Gasteiger partial charge in [0.05, 0.1) is 36.5 Å². The maximum absolute atomic E-state index is 14.0. The normalized spacial score (nSPS) is 28.9. The Labute approximate surface area is 218 Å². The van der Waals surface area contributed by atoms with Gasteiger partial charge in [0.15, 0.2) is 5.60 Å². The number of aliphatic hydroxyl groups excluding tert-OH is 1. The Bertz CT molecular complexity index is 1220. The van der Waals surface area contributed by atoms with Crippen LogP contribution in [0.4, 0.5) is 5.69 Å². The number of benzene rings is 2. The van der Waals surface area contributed by atoms with Crippen molar-refractivity contribution in [1.82, 2.24) is 4.90 Å². The maximum atomic E-state index is 14.0. The number of fused-ring (bicyclic) bond motifs is 3. The molecule has 2 aromatic carbocycles. The fraction of sp³-hybridized carbons (Fsp3) is 0.467. The van der Waals surface area contributed by atoms with Crippen LogP contribution in [0.2, 0.25) is 0 Å². The predicted octanol–water partition coefficient (Wildman–Crippen LogP) is 3.17. The summed E-state index contributed by atoms with van der Waals surface area (Å²) in [4.78, 5) is 31.1. The van der Waals surface area contributed by atoms with Crippen molar-refractivity contribution >= 4 is 17.5 Å². The molecule has 0 unspecified atom stereocenters. The molecule has 3 aliphatic heterocycles. The highest BCUT2D eigenvalue weighted by molar-refractivity contribution is 6.07. The zero-order chi connectivity index (χ0) is 26.5. The quantitative estimate of drug-likeness (QED) is 0.590. The number of ether oxygens (including phenoxy) is 1. The second-order valence-electron chi connectivity index (χ2n) is 11.1. The number of carbonyl (C=O) groups is 2. The molecule has 7 heteroatoms. The van der Waals surface area contributed by atoms with Crippen molar-refractivity contribution in [1.29, 1.82) is 0 Å². The molecule has 0 saturated carbocycles. The molecule has 0 radical (unpaired) electrons. The summed E-state index contributed by atoms with van der Waals surface area (Å²) in [5, 5.41) is 21.4. The fourth-order valence-electron chi connectivity index (χ4n) is 6.87. The highest BCUT2D eigenvalue weighted by Crippen LogP contribution is 2.57. The first-order valence-corrected chi connectivity index (χ1v) is 13.0. The van der Waals surface area contributed by atoms with Crippen LogP contribution < -0.4 is 4.90 Å². The van der Waals surface area contributed by atoms with Gasteiger partial charge in [-0.1, -0.05) is 55.5 Å². The molecule has 2 aromatic rings. The van der Waals surface area contributed by atoms with Crippen LogP contribution in [0.5, 0.6) is 0 Å². The van der Waals surface area contributed by atoms with Gasteiger partial charge in [-0.2, -0.15) is 0 Å². The number of carbonyl (C=O) groups excluding carboxylic acids is 2. The summed E-state index contributed by atoms with van der Waals surface area (Å²) in [7, 11) is 0. The van der Waals surface area contributed by atoms with Gasteiger partial charge in [0.25, 0.3) is 5.91 Å². The monoisotopic (exact) mass is 504 g/mol. The molecule has 0 aromatic heterocycles. The largest absolute Gasteiger partial charge is 0.394 e. The predicted molar refractivity (Wildman–Crippen MR) is 141 cm³/mol. The second kappa shape index (κ2) is 9.39. The van der Waals surface area contributed by atoms with Crippen LogP contribution in [0.25, 0.3) is 0 Å². The number of anilines is 1. The molecular formula is C30H36N2O5. The average Bonchev–Trinajstić information content (AvgIpc) is 3.30. The van der Waals surface area contributed by atoms with E-state index in [1.54, 1.807) is 29.7 Å². The highest BCUT2D eigenvalue weighted by Gasteiger charge is 2.65. The van der Waals surface area contributed by atoms with E-state index in [2.05, 4.69) is 6.58 Å². The maximum Gasteiger partial charge on any atom is 0.264 e. The number of hydrogen-bond acceptors (Lipinski definition) is 5. The van der Waals surface area contributed by atoms with E-state index in [1.807, 2.05) is 55.5 Å². The van der Waals surface area contributed by atoms with Crippen LogP contribution in [0, 0.1) is 11.8 Å². The number of rotatable bonds is 6. The lowest BCUT2D eigenvalue weighted by Gasteiger charge is -2.38. The standard InChI is InChI=1S/C30H36N2O5/c1-5-14-31-24-13-9-8-12-23(24)30(28(31)35)19(2)27(29(3,4)36)25(37-30)16-26(34)32-17-21-11-7-6-10-20(21)15-22(32)18-33/h5-13,19,22,25,27,33,36H,1,14-18H2,2-4H3/t19-,22+,25+,27-,30+/m1/s1. The number of para-hydroxylation sites is 1. The van der Waals surface area contributed by atoms with Gasteiger partial charge in [0, 0.05) is 30.5 Å². The Hall–Kier alpha value is -3.00. The lowest BCUT2D eigenvalue weighted by Crippen LogP contribution is -2.48. The lowest BCUT2D eigenvalue weighted by molar-refractivity contribution is -0.151. The van der Waals surface area contributed by atoms with Gasteiger partial charge in [0.2, 0.25) is 5.91 Å². The van der Waals surface area contributed by atoms with Crippen molar-refractivity contribution < 1.29 is 24.5 Å². The summed E-state index contributed by atoms with van der Waals surface area (Å²) in [6.45, 7) is 9.80. The summed E-state index contributed by atoms with van der Waals surface area (Å²) in [5.74, 6) is -1.20. The van der Waals surface area contributed by atoms with Gasteiger partial charge in [-0.15, -0.1) is 6.58 Å². The Morgan fingerprint density at radius 1 is 1.19 bits per heavy atom. The molecule has 3 aliphatic rings. The number of nitrogens with zero attached hydrogens (tertiary/aromatic N) is 2. The minimum Gasteiger partial charge on any atom is -0.394 e. The number of aliphatic hydroxyl groups is 2. The third-order valence-electron chi connectivity index (χ3n) is 8.47. The lowest BCUT2D eigenvalue weighted by atomic mass is 9.70. The molecule has 5 rings (SSSR count). The highest BCUT2D eigenvalue weighted by atomic mass is 16.5. The fourth-order valence-corrected chi connectivity index (χ4v) is 6.87. The van der Waals surface area contributed by atoms with Crippen molar-refractivity contribution in [3.63, 3.8) is 0 Å². The van der Waals surface area contributed by atoms with Crippen molar-refractivity contribution in [3.05, 3.63) is 77.9 Å². The Balaban J connectivity index is 1.49. The minimum absolute atomic E-state index is 0.0102. The molecule has 1 spiro atoms. The Morgan fingerprint density at radius 2 is 1.86 bits per heavy atom. The SMILES string of the molecule is C=CCN1C(=O)[C@@]2(O[C@@H](CC(=O)N3Cc4ccccc4C[C@H]3CO)[C@H](C(C)(C)O)[C@H]2C)c2ccccc21. The van der Waals surface area contributed by atoms with E-state index in [0.717, 1.165) is 22.4 Å². The van der Waals surface area contributed by atoms with Crippen molar-refractivity contribution in [2.75, 3.05) is 18.1 Å². The zero-order valence-corrected chi connectivity index (χ0v) is 21.8. The molecule has 2 N–H and O–H groups in total. The van der Waals surface area contributed by atoms with E-state index >= 15 is 0 Å². The first kappa shape index (κ1) is 25.6. The summed E-state index contributed by atoms with van der Waals surface area (Å²) in [5.41, 5.74) is 1.25. The average molecular weight is 505 g/mol. The molecule has 2 amide bonds. The molecular weight excluding hydrogens is 468 g/mol. The minimum atomic E-state index is -1.29. The van der Waals surface area contributed by atoms with E-state index in [4.69, 9.17) is 4.74 Å². The van der Waals surface area contributed by atoms with Crippen LogP contribution in [0.1, 0.15) is 43.9 Å². The second-order valence-corrected chi connectivity index (χ2v) is 11.1. The molecule has 5 atom stereocenters. The summed E-state index contributed by atoms with van der Waals surface area (Å²) < 4.78 is 6.68. The molecule has 7 nitrogen and oxygen atoms in total. The number of hydrogen-bond donors (Lipinski definition) is 2. The van der Waals surface area contributed by atoms with Gasteiger partial charge in [-0.3, -0.25) is 9.59 Å². The third-order valence-corrected chi connectivity index (χ3v) is 8.47. The van der Waals surface area contributed by atoms with E-state index in [0.29, 0.717) is 19.5 Å².